The summed E-state index contributed by atoms with van der Waals surface area (Å²) in [5.74, 6) is -0.958. The summed E-state index contributed by atoms with van der Waals surface area (Å²) in [4.78, 5) is 20.2. The minimum Gasteiger partial charge on any atom is -0.507 e. The summed E-state index contributed by atoms with van der Waals surface area (Å²) in [6, 6.07) is 7.56. The van der Waals surface area contributed by atoms with Crippen LogP contribution in [0.25, 0.3) is 0 Å². The average Bonchev–Trinajstić information content (AvgIpc) is 2.40. The van der Waals surface area contributed by atoms with Gasteiger partial charge >= 0.3 is 0 Å². The van der Waals surface area contributed by atoms with Crippen molar-refractivity contribution in [2.45, 2.75) is 0 Å². The van der Waals surface area contributed by atoms with Crippen molar-refractivity contribution in [1.29, 1.82) is 0 Å². The first-order valence-corrected chi connectivity index (χ1v) is 5.73. The van der Waals surface area contributed by atoms with Gasteiger partial charge in [-0.3, -0.25) is 9.59 Å². The van der Waals surface area contributed by atoms with Crippen molar-refractivity contribution < 1.29 is 24.2 Å². The van der Waals surface area contributed by atoms with Crippen LogP contribution in [0.1, 0.15) is 20.7 Å². The molecule has 0 aliphatic heterocycles. The smallest absolute Gasteiger partial charge is 0.153 e. The Labute approximate surface area is 119 Å². The van der Waals surface area contributed by atoms with Gasteiger partial charge < -0.3 is 10.2 Å². The molecule has 2 aromatic rings. The molecule has 0 atom stereocenters. The third kappa shape index (κ3) is 4.37. The molecule has 2 N–H and O–H groups in total. The number of hydrogen-bond donors (Lipinski definition) is 2. The minimum absolute atomic E-state index is 0.0810. The molecule has 0 heterocycles. The monoisotopic (exact) mass is 296 g/mol. The Kier molecular flexibility index (Phi) is 5.68. The third-order valence-corrected chi connectivity index (χ3v) is 2.47. The molecule has 0 saturated carbocycles. The Morgan fingerprint density at radius 2 is 1.40 bits per heavy atom. The summed E-state index contributed by atoms with van der Waals surface area (Å²) >= 11 is 5.50. The molecule has 104 valence electrons. The van der Waals surface area contributed by atoms with Crippen LogP contribution in [0.5, 0.6) is 11.5 Å². The topological polar surface area (TPSA) is 74.6 Å². The SMILES string of the molecule is O=Cc1ccc(Cl)cc1O.O=Cc1ccc(F)cc1O. The van der Waals surface area contributed by atoms with Crippen LogP contribution in [0.2, 0.25) is 5.02 Å². The molecule has 2 aromatic carbocycles. The predicted octanol–water partition coefficient (Wildman–Crippen LogP) is 3.20. The molecule has 0 fully saturated rings. The van der Waals surface area contributed by atoms with Crippen LogP contribution in [0.4, 0.5) is 4.39 Å². The van der Waals surface area contributed by atoms with E-state index in [-0.39, 0.29) is 22.6 Å². The van der Waals surface area contributed by atoms with Gasteiger partial charge in [0, 0.05) is 11.1 Å². The van der Waals surface area contributed by atoms with Gasteiger partial charge in [0.15, 0.2) is 12.6 Å². The number of halogens is 2. The van der Waals surface area contributed by atoms with Crippen molar-refractivity contribution in [3.8, 4) is 11.5 Å². The number of rotatable bonds is 2. The molecule has 0 amide bonds. The lowest BCUT2D eigenvalue weighted by molar-refractivity contribution is 0.111. The molecule has 0 unspecified atom stereocenters. The standard InChI is InChI=1S/C7H5ClO2.C7H5FO2/c2*8-6-2-1-5(4-9)7(10)3-6/h2*1-4,10H. The molecular weight excluding hydrogens is 287 g/mol. The zero-order valence-electron chi connectivity index (χ0n) is 10.1. The van der Waals surface area contributed by atoms with E-state index in [1.165, 1.54) is 18.2 Å². The lowest BCUT2D eigenvalue weighted by atomic mass is 10.2. The summed E-state index contributed by atoms with van der Waals surface area (Å²) in [6.45, 7) is 0. The highest BCUT2D eigenvalue weighted by molar-refractivity contribution is 6.30. The van der Waals surface area contributed by atoms with Crippen molar-refractivity contribution in [3.05, 3.63) is 58.4 Å². The van der Waals surface area contributed by atoms with Gasteiger partial charge in [0.2, 0.25) is 0 Å². The van der Waals surface area contributed by atoms with Gasteiger partial charge in [0.05, 0.1) is 11.1 Å². The molecule has 0 saturated heterocycles. The molecular formula is C14H10ClFO4. The van der Waals surface area contributed by atoms with E-state index in [9.17, 15) is 14.0 Å². The quantitative estimate of drug-likeness (QED) is 0.835. The van der Waals surface area contributed by atoms with Crippen molar-refractivity contribution in [3.63, 3.8) is 0 Å². The Hall–Kier alpha value is -2.40. The summed E-state index contributed by atoms with van der Waals surface area (Å²) in [5, 5.41) is 18.2. The van der Waals surface area contributed by atoms with Gasteiger partial charge in [0.1, 0.15) is 17.3 Å². The van der Waals surface area contributed by atoms with E-state index >= 15 is 0 Å². The van der Waals surface area contributed by atoms with E-state index in [1.807, 2.05) is 0 Å². The predicted molar refractivity (Wildman–Crippen MR) is 72.0 cm³/mol. The van der Waals surface area contributed by atoms with Crippen molar-refractivity contribution in [2.75, 3.05) is 0 Å². The lowest BCUT2D eigenvalue weighted by Crippen LogP contribution is -1.81. The van der Waals surface area contributed by atoms with Crippen molar-refractivity contribution in [2.24, 2.45) is 0 Å². The van der Waals surface area contributed by atoms with Crippen LogP contribution >= 0.6 is 11.6 Å². The van der Waals surface area contributed by atoms with E-state index in [4.69, 9.17) is 21.8 Å². The van der Waals surface area contributed by atoms with E-state index in [1.54, 1.807) is 6.07 Å². The van der Waals surface area contributed by atoms with E-state index in [2.05, 4.69) is 0 Å². The number of aromatic hydroxyl groups is 2. The van der Waals surface area contributed by atoms with Gasteiger partial charge in [-0.1, -0.05) is 11.6 Å². The van der Waals surface area contributed by atoms with Crippen molar-refractivity contribution >= 4 is 24.2 Å². The number of benzene rings is 2. The van der Waals surface area contributed by atoms with E-state index in [0.717, 1.165) is 12.1 Å². The van der Waals surface area contributed by atoms with Gasteiger partial charge in [-0.25, -0.2) is 4.39 Å². The largest absolute Gasteiger partial charge is 0.507 e. The Bertz CT molecular complexity index is 573. The molecule has 0 aliphatic rings. The van der Waals surface area contributed by atoms with Crippen LogP contribution in [0.3, 0.4) is 0 Å². The second kappa shape index (κ2) is 7.25. The molecule has 0 spiro atoms. The fraction of sp³-hybridized carbons (Fsp3) is 0. The third-order valence-electron chi connectivity index (χ3n) is 2.24. The van der Waals surface area contributed by atoms with E-state index < -0.39 is 5.82 Å². The van der Waals surface area contributed by atoms with Crippen LogP contribution in [0, 0.1) is 5.82 Å². The maximum Gasteiger partial charge on any atom is 0.153 e. The van der Waals surface area contributed by atoms with Crippen LogP contribution < -0.4 is 0 Å². The van der Waals surface area contributed by atoms with E-state index in [0.29, 0.717) is 17.6 Å². The fourth-order valence-corrected chi connectivity index (χ4v) is 1.40. The Morgan fingerprint density at radius 1 is 0.900 bits per heavy atom. The highest BCUT2D eigenvalue weighted by atomic mass is 35.5. The molecule has 0 radical (unpaired) electrons. The first kappa shape index (κ1) is 15.7. The lowest BCUT2D eigenvalue weighted by Gasteiger charge is -1.94. The maximum atomic E-state index is 12.2. The van der Waals surface area contributed by atoms with Crippen LogP contribution in [-0.4, -0.2) is 22.8 Å². The molecule has 6 heteroatoms. The highest BCUT2D eigenvalue weighted by Crippen LogP contribution is 2.19. The number of phenolic OH excluding ortho intramolecular Hbond substituents is 2. The molecule has 0 bridgehead atoms. The molecule has 0 aromatic heterocycles. The van der Waals surface area contributed by atoms with Crippen molar-refractivity contribution in [1.82, 2.24) is 0 Å². The first-order chi connectivity index (χ1) is 9.47. The Balaban J connectivity index is 0.000000200. The molecule has 4 nitrogen and oxygen atoms in total. The summed E-state index contributed by atoms with van der Waals surface area (Å²) in [6.07, 6.45) is 1.04. The Morgan fingerprint density at radius 3 is 1.85 bits per heavy atom. The fourth-order valence-electron chi connectivity index (χ4n) is 1.23. The maximum absolute atomic E-state index is 12.2. The summed E-state index contributed by atoms with van der Waals surface area (Å²) in [5.41, 5.74) is 0.353. The number of aldehydes is 2. The second-order valence-electron chi connectivity index (χ2n) is 3.64. The number of phenols is 2. The van der Waals surface area contributed by atoms with Gasteiger partial charge in [-0.05, 0) is 30.3 Å². The zero-order chi connectivity index (χ0) is 15.1. The number of carbonyl (C=O) groups excluding carboxylic acids is 2. The average molecular weight is 297 g/mol. The second-order valence-corrected chi connectivity index (χ2v) is 4.08. The minimum atomic E-state index is -0.553. The highest BCUT2D eigenvalue weighted by Gasteiger charge is 1.99. The normalized spacial score (nSPS) is 9.30. The zero-order valence-corrected chi connectivity index (χ0v) is 10.8. The van der Waals surface area contributed by atoms with Gasteiger partial charge in [0.25, 0.3) is 0 Å². The van der Waals surface area contributed by atoms with Gasteiger partial charge in [-0.2, -0.15) is 0 Å². The molecule has 0 aliphatic carbocycles. The number of hydrogen-bond acceptors (Lipinski definition) is 4. The summed E-state index contributed by atoms with van der Waals surface area (Å²) < 4.78 is 12.2. The van der Waals surface area contributed by atoms with Crippen LogP contribution in [-0.2, 0) is 0 Å². The molecule has 2 rings (SSSR count). The van der Waals surface area contributed by atoms with Gasteiger partial charge in [-0.15, -0.1) is 0 Å². The first-order valence-electron chi connectivity index (χ1n) is 5.35. The number of carbonyl (C=O) groups is 2. The van der Waals surface area contributed by atoms with Crippen LogP contribution in [0.15, 0.2) is 36.4 Å². The molecule has 20 heavy (non-hydrogen) atoms. The summed E-state index contributed by atoms with van der Waals surface area (Å²) in [7, 11) is 0.